The van der Waals surface area contributed by atoms with Gasteiger partial charge in [-0.1, -0.05) is 12.1 Å². The number of fused-ring (bicyclic) bond motifs is 1. The molecule has 10 nitrogen and oxygen atoms in total. The number of aromatic nitrogens is 3. The van der Waals surface area contributed by atoms with Gasteiger partial charge >= 0.3 is 0 Å². The second-order valence-corrected chi connectivity index (χ2v) is 12.4. The van der Waals surface area contributed by atoms with Crippen LogP contribution in [0.3, 0.4) is 0 Å². The van der Waals surface area contributed by atoms with Gasteiger partial charge < -0.3 is 15.5 Å². The normalized spacial score (nSPS) is 20.2. The molecule has 1 aromatic carbocycles. The van der Waals surface area contributed by atoms with Gasteiger partial charge in [-0.2, -0.15) is 9.78 Å². The topological polar surface area (TPSA) is 126 Å². The summed E-state index contributed by atoms with van der Waals surface area (Å²) in [6.45, 7) is 2.43. The zero-order chi connectivity index (χ0) is 28.3. The molecule has 5 rings (SSSR count). The van der Waals surface area contributed by atoms with Gasteiger partial charge in [0, 0.05) is 30.1 Å². The fourth-order valence-corrected chi connectivity index (χ4v) is 5.34. The Morgan fingerprint density at radius 2 is 1.92 bits per heavy atom. The Hall–Kier alpha value is -3.94. The Morgan fingerprint density at radius 1 is 1.21 bits per heavy atom. The summed E-state index contributed by atoms with van der Waals surface area (Å²) >= 11 is 0. The van der Waals surface area contributed by atoms with Gasteiger partial charge in [-0.25, -0.2) is 26.6 Å². The summed E-state index contributed by atoms with van der Waals surface area (Å²) in [5, 5.41) is 9.75. The van der Waals surface area contributed by atoms with Crippen molar-refractivity contribution in [1.82, 2.24) is 20.1 Å². The molecule has 0 saturated carbocycles. The van der Waals surface area contributed by atoms with Crippen LogP contribution in [-0.4, -0.2) is 66.0 Å². The van der Waals surface area contributed by atoms with Crippen LogP contribution in [0.5, 0.6) is 0 Å². The number of anilines is 2. The van der Waals surface area contributed by atoms with E-state index in [1.807, 2.05) is 6.92 Å². The number of carbonyl (C=O) groups excluding carboxylic acids is 2. The van der Waals surface area contributed by atoms with E-state index in [0.717, 1.165) is 17.9 Å². The maximum Gasteiger partial charge on any atom is 0.282 e. The van der Waals surface area contributed by atoms with E-state index in [2.05, 4.69) is 20.7 Å². The fraction of sp³-hybridized carbons (Fsp3) is 0.360. The lowest BCUT2D eigenvalue weighted by Gasteiger charge is -2.41. The Bertz CT molecular complexity index is 1600. The number of halogens is 3. The van der Waals surface area contributed by atoms with Crippen molar-refractivity contribution < 1.29 is 31.2 Å². The predicted molar refractivity (Wildman–Crippen MR) is 137 cm³/mol. The first kappa shape index (κ1) is 26.7. The number of benzene rings is 1. The maximum atomic E-state index is 15.3. The molecular weight excluding hydrogens is 537 g/mol. The summed E-state index contributed by atoms with van der Waals surface area (Å²) < 4.78 is 66.4. The monoisotopic (exact) mass is 562 g/mol. The van der Waals surface area contributed by atoms with Gasteiger partial charge in [0.15, 0.2) is 21.5 Å². The highest BCUT2D eigenvalue weighted by molar-refractivity contribution is 7.91. The average Bonchev–Trinajstić information content (AvgIpc) is 3.14. The number of aryl methyl sites for hydroxylation is 1. The lowest BCUT2D eigenvalue weighted by Crippen LogP contribution is -2.56. The molecule has 2 N–H and O–H groups in total. The minimum atomic E-state index is -3.66. The molecule has 0 aliphatic carbocycles. The van der Waals surface area contributed by atoms with Gasteiger partial charge in [0.2, 0.25) is 5.91 Å². The van der Waals surface area contributed by atoms with E-state index in [1.54, 1.807) is 25.3 Å². The summed E-state index contributed by atoms with van der Waals surface area (Å²) in [7, 11) is -3.66. The van der Waals surface area contributed by atoms with E-state index in [1.165, 1.54) is 21.7 Å². The third kappa shape index (κ3) is 5.20. The fourth-order valence-electron chi connectivity index (χ4n) is 4.80. The van der Waals surface area contributed by atoms with Crippen LogP contribution in [0.4, 0.5) is 24.7 Å². The van der Waals surface area contributed by atoms with Crippen molar-refractivity contribution in [1.29, 1.82) is 0 Å². The summed E-state index contributed by atoms with van der Waals surface area (Å²) in [5.74, 6) is -5.64. The van der Waals surface area contributed by atoms with Crippen LogP contribution in [0.15, 0.2) is 36.5 Å². The second-order valence-electron chi connectivity index (χ2n) is 10.2. The minimum absolute atomic E-state index is 0.00320. The van der Waals surface area contributed by atoms with Gasteiger partial charge in [0.05, 0.1) is 24.3 Å². The summed E-state index contributed by atoms with van der Waals surface area (Å²) in [5.41, 5.74) is 0.243. The minimum Gasteiger partial charge on any atom is -0.359 e. The Morgan fingerprint density at radius 3 is 2.51 bits per heavy atom. The van der Waals surface area contributed by atoms with Crippen LogP contribution in [0, 0.1) is 12.7 Å². The zero-order valence-electron chi connectivity index (χ0n) is 21.3. The van der Waals surface area contributed by atoms with E-state index in [4.69, 9.17) is 0 Å². The largest absolute Gasteiger partial charge is 0.359 e. The van der Waals surface area contributed by atoms with Crippen molar-refractivity contribution in [3.63, 3.8) is 0 Å². The number of carbonyl (C=O) groups is 2. The van der Waals surface area contributed by atoms with Crippen molar-refractivity contribution in [2.75, 3.05) is 35.3 Å². The highest BCUT2D eigenvalue weighted by Crippen LogP contribution is 2.38. The lowest BCUT2D eigenvalue weighted by molar-refractivity contribution is -0.113. The van der Waals surface area contributed by atoms with E-state index >= 15 is 4.39 Å². The number of rotatable bonds is 6. The number of pyridine rings is 1. The molecule has 0 spiro atoms. The summed E-state index contributed by atoms with van der Waals surface area (Å²) in [6, 6.07) is 7.49. The quantitative estimate of drug-likeness (QED) is 0.472. The van der Waals surface area contributed by atoms with Gasteiger partial charge in [0.1, 0.15) is 17.1 Å². The Kier molecular flexibility index (Phi) is 6.20. The maximum absolute atomic E-state index is 15.3. The van der Waals surface area contributed by atoms with Crippen molar-refractivity contribution in [2.24, 2.45) is 0 Å². The third-order valence-corrected chi connectivity index (χ3v) is 7.40. The number of hydrogen-bond donors (Lipinski definition) is 2. The van der Waals surface area contributed by atoms with Crippen molar-refractivity contribution in [2.45, 2.75) is 31.7 Å². The molecule has 14 heteroatoms. The van der Waals surface area contributed by atoms with Gasteiger partial charge in [0.25, 0.3) is 11.8 Å². The van der Waals surface area contributed by atoms with Crippen LogP contribution >= 0.6 is 0 Å². The predicted octanol–water partition coefficient (Wildman–Crippen LogP) is 2.35. The molecule has 0 bridgehead atoms. The number of hydrogen-bond acceptors (Lipinski definition) is 7. The SMILES string of the molecule is Cc1ccc(-n2nc3c(c2NC(=O)CS(C)(=O)=O)C(=O)N[C@](C)(c2ccc(N4CC(F)(F)C4)cc2F)C3)nc1. The lowest BCUT2D eigenvalue weighted by atomic mass is 9.82. The van der Waals surface area contributed by atoms with E-state index in [9.17, 15) is 26.8 Å². The van der Waals surface area contributed by atoms with Gasteiger partial charge in [-0.05, 0) is 37.6 Å². The molecule has 4 heterocycles. The molecule has 0 unspecified atom stereocenters. The highest BCUT2D eigenvalue weighted by Gasteiger charge is 2.45. The van der Waals surface area contributed by atoms with Crippen molar-refractivity contribution in [3.8, 4) is 5.82 Å². The van der Waals surface area contributed by atoms with E-state index in [-0.39, 0.29) is 34.9 Å². The molecule has 2 amide bonds. The zero-order valence-corrected chi connectivity index (χ0v) is 22.1. The molecular formula is C25H25F3N6O4S. The third-order valence-electron chi connectivity index (χ3n) is 6.62. The van der Waals surface area contributed by atoms with E-state index in [0.29, 0.717) is 5.69 Å². The van der Waals surface area contributed by atoms with Crippen LogP contribution in [0.25, 0.3) is 5.82 Å². The summed E-state index contributed by atoms with van der Waals surface area (Å²) in [6.07, 6.45) is 2.49. The molecule has 2 aromatic heterocycles. The average molecular weight is 563 g/mol. The molecule has 0 radical (unpaired) electrons. The summed E-state index contributed by atoms with van der Waals surface area (Å²) in [4.78, 5) is 31.6. The Balaban J connectivity index is 1.52. The molecule has 1 saturated heterocycles. The van der Waals surface area contributed by atoms with Crippen LogP contribution in [0.1, 0.15) is 34.1 Å². The standard InChI is InChI=1S/C25H25F3N6O4S/c1-14-4-7-19(29-10-14)34-22(30-20(35)11-39(3,37)38)21-18(32-34)9-24(2,31-23(21)36)16-6-5-15(8-17(16)26)33-12-25(27,28)13-33/h4-8,10H,9,11-13H2,1-3H3,(H,30,35)(H,31,36)/t24-/m0/s1. The number of sulfone groups is 1. The number of nitrogens with one attached hydrogen (secondary N) is 2. The highest BCUT2D eigenvalue weighted by atomic mass is 32.2. The molecule has 39 heavy (non-hydrogen) atoms. The number of nitrogens with zero attached hydrogens (tertiary/aromatic N) is 4. The van der Waals surface area contributed by atoms with Crippen molar-refractivity contribution >= 4 is 33.2 Å². The van der Waals surface area contributed by atoms with E-state index < -0.39 is 57.8 Å². The first-order chi connectivity index (χ1) is 18.1. The first-order valence-corrected chi connectivity index (χ1v) is 14.0. The second kappa shape index (κ2) is 9.07. The van der Waals surface area contributed by atoms with Crippen LogP contribution in [0.2, 0.25) is 0 Å². The van der Waals surface area contributed by atoms with Crippen LogP contribution in [-0.2, 0) is 26.6 Å². The van der Waals surface area contributed by atoms with Gasteiger partial charge in [-0.3, -0.25) is 9.59 Å². The smallest absolute Gasteiger partial charge is 0.282 e. The van der Waals surface area contributed by atoms with Gasteiger partial charge in [-0.15, -0.1) is 0 Å². The number of amides is 2. The molecule has 1 atom stereocenters. The molecule has 2 aliphatic rings. The Labute approximate surface area is 222 Å². The van der Waals surface area contributed by atoms with Crippen LogP contribution < -0.4 is 15.5 Å². The number of alkyl halides is 2. The molecule has 1 fully saturated rings. The molecule has 2 aliphatic heterocycles. The first-order valence-electron chi connectivity index (χ1n) is 11.9. The molecule has 3 aromatic rings. The molecule has 206 valence electrons. The van der Waals surface area contributed by atoms with Crippen molar-refractivity contribution in [3.05, 3.63) is 64.7 Å².